The fourth-order valence-electron chi connectivity index (χ4n) is 2.46. The van der Waals surface area contributed by atoms with E-state index >= 15 is 0 Å². The summed E-state index contributed by atoms with van der Waals surface area (Å²) in [6, 6.07) is 5.95. The van der Waals surface area contributed by atoms with Crippen molar-refractivity contribution in [3.05, 3.63) is 51.7 Å². The molecule has 110 valence electrons. The normalized spacial score (nSPS) is 16.1. The molecule has 0 aliphatic carbocycles. The van der Waals surface area contributed by atoms with Gasteiger partial charge in [-0.3, -0.25) is 14.7 Å². The highest BCUT2D eigenvalue weighted by Gasteiger charge is 2.20. The fourth-order valence-corrected chi connectivity index (χ4v) is 2.67. The van der Waals surface area contributed by atoms with Crippen molar-refractivity contribution in [3.8, 4) is 0 Å². The molecule has 6 nitrogen and oxygen atoms in total. The second-order valence-electron chi connectivity index (χ2n) is 4.98. The lowest BCUT2D eigenvalue weighted by Gasteiger charge is -2.35. The summed E-state index contributed by atoms with van der Waals surface area (Å²) >= 11 is 6.04. The highest BCUT2D eigenvalue weighted by molar-refractivity contribution is 6.32. The largest absolute Gasteiger partial charge is 0.366 e. The van der Waals surface area contributed by atoms with E-state index in [1.807, 2.05) is 24.4 Å². The molecule has 0 atom stereocenters. The van der Waals surface area contributed by atoms with Gasteiger partial charge in [0.2, 0.25) is 0 Å². The van der Waals surface area contributed by atoms with Gasteiger partial charge in [-0.05, 0) is 12.1 Å². The number of hydrogen-bond acceptors (Lipinski definition) is 5. The Morgan fingerprint density at radius 3 is 2.76 bits per heavy atom. The zero-order valence-electron chi connectivity index (χ0n) is 11.5. The number of aromatic nitrogens is 3. The van der Waals surface area contributed by atoms with Crippen molar-refractivity contribution in [2.24, 2.45) is 0 Å². The summed E-state index contributed by atoms with van der Waals surface area (Å²) in [7, 11) is 0. The van der Waals surface area contributed by atoms with Crippen LogP contribution in [0.15, 0.2) is 35.4 Å². The van der Waals surface area contributed by atoms with Gasteiger partial charge >= 0.3 is 0 Å². The van der Waals surface area contributed by atoms with Crippen molar-refractivity contribution < 1.29 is 0 Å². The highest BCUT2D eigenvalue weighted by Crippen LogP contribution is 2.21. The van der Waals surface area contributed by atoms with Crippen molar-refractivity contribution in [2.45, 2.75) is 6.54 Å². The summed E-state index contributed by atoms with van der Waals surface area (Å²) in [5.74, 6) is 0. The third-order valence-corrected chi connectivity index (χ3v) is 3.97. The number of anilines is 1. The summed E-state index contributed by atoms with van der Waals surface area (Å²) in [5, 5.41) is 6.37. The van der Waals surface area contributed by atoms with E-state index in [0.717, 1.165) is 38.4 Å². The number of nitrogens with one attached hydrogen (secondary N) is 1. The van der Waals surface area contributed by atoms with Gasteiger partial charge in [0.25, 0.3) is 5.56 Å². The van der Waals surface area contributed by atoms with E-state index in [1.165, 1.54) is 0 Å². The predicted octanol–water partition coefficient (Wildman–Crippen LogP) is 1.14. The molecule has 1 saturated heterocycles. The van der Waals surface area contributed by atoms with Crippen LogP contribution < -0.4 is 10.5 Å². The third kappa shape index (κ3) is 3.22. The second-order valence-corrected chi connectivity index (χ2v) is 5.36. The molecular weight excluding hydrogens is 290 g/mol. The Labute approximate surface area is 127 Å². The van der Waals surface area contributed by atoms with Crippen LogP contribution in [0.2, 0.25) is 5.02 Å². The first kappa shape index (κ1) is 14.0. The quantitative estimate of drug-likeness (QED) is 0.921. The van der Waals surface area contributed by atoms with Gasteiger partial charge in [0, 0.05) is 38.9 Å². The molecule has 0 unspecified atom stereocenters. The minimum atomic E-state index is -0.343. The third-order valence-electron chi connectivity index (χ3n) is 3.60. The number of aromatic amines is 1. The average molecular weight is 306 g/mol. The second kappa shape index (κ2) is 6.24. The van der Waals surface area contributed by atoms with Gasteiger partial charge in [-0.25, -0.2) is 5.10 Å². The molecule has 3 rings (SSSR count). The summed E-state index contributed by atoms with van der Waals surface area (Å²) in [5.41, 5.74) is 1.43. The Balaban J connectivity index is 1.63. The Kier molecular flexibility index (Phi) is 4.17. The highest BCUT2D eigenvalue weighted by atomic mass is 35.5. The number of rotatable bonds is 3. The number of pyridine rings is 1. The van der Waals surface area contributed by atoms with E-state index in [9.17, 15) is 4.79 Å². The molecular formula is C14H16ClN5O. The van der Waals surface area contributed by atoms with E-state index in [1.54, 1.807) is 6.20 Å². The summed E-state index contributed by atoms with van der Waals surface area (Å²) in [4.78, 5) is 20.3. The Morgan fingerprint density at radius 1 is 1.24 bits per heavy atom. The number of piperazine rings is 1. The van der Waals surface area contributed by atoms with E-state index < -0.39 is 0 Å². The van der Waals surface area contributed by atoms with Crippen LogP contribution in [0.5, 0.6) is 0 Å². The van der Waals surface area contributed by atoms with Crippen LogP contribution in [0.25, 0.3) is 0 Å². The number of halogens is 1. The van der Waals surface area contributed by atoms with Crippen LogP contribution >= 0.6 is 11.6 Å². The molecule has 0 saturated carbocycles. The van der Waals surface area contributed by atoms with Crippen LogP contribution in [0.1, 0.15) is 5.69 Å². The molecule has 3 heterocycles. The molecule has 21 heavy (non-hydrogen) atoms. The monoisotopic (exact) mass is 305 g/mol. The van der Waals surface area contributed by atoms with Crippen LogP contribution in [0, 0.1) is 0 Å². The van der Waals surface area contributed by atoms with Crippen LogP contribution in [0.4, 0.5) is 5.69 Å². The lowest BCUT2D eigenvalue weighted by Crippen LogP contribution is -2.46. The first-order valence-corrected chi connectivity index (χ1v) is 7.22. The summed E-state index contributed by atoms with van der Waals surface area (Å²) in [6.07, 6.45) is 3.42. The van der Waals surface area contributed by atoms with Crippen molar-refractivity contribution in [1.29, 1.82) is 0 Å². The minimum Gasteiger partial charge on any atom is -0.366 e. The number of H-pyrrole nitrogens is 1. The van der Waals surface area contributed by atoms with Crippen LogP contribution in [0.3, 0.4) is 0 Å². The first-order chi connectivity index (χ1) is 10.2. The molecule has 1 N–H and O–H groups in total. The standard InChI is InChI=1S/C14H16ClN5O/c15-13-12(9-17-18-14(13)21)20-7-5-19(6-8-20)10-11-3-1-2-4-16-11/h1-4,9H,5-8,10H2,(H,18,21). The van der Waals surface area contributed by atoms with Gasteiger partial charge in [0.1, 0.15) is 5.02 Å². The minimum absolute atomic E-state index is 0.211. The van der Waals surface area contributed by atoms with Crippen LogP contribution in [-0.2, 0) is 6.54 Å². The van der Waals surface area contributed by atoms with Gasteiger partial charge < -0.3 is 4.90 Å². The lowest BCUT2D eigenvalue weighted by atomic mass is 10.2. The topological polar surface area (TPSA) is 65.1 Å². The molecule has 1 aliphatic heterocycles. The Bertz CT molecular complexity index is 652. The molecule has 0 radical (unpaired) electrons. The molecule has 1 fully saturated rings. The van der Waals surface area contributed by atoms with E-state index in [2.05, 4.69) is 25.0 Å². The van der Waals surface area contributed by atoms with Crippen LogP contribution in [-0.4, -0.2) is 46.3 Å². The van der Waals surface area contributed by atoms with Crippen molar-refractivity contribution >= 4 is 17.3 Å². The fraction of sp³-hybridized carbons (Fsp3) is 0.357. The van der Waals surface area contributed by atoms with Crippen molar-refractivity contribution in [2.75, 3.05) is 31.1 Å². The maximum atomic E-state index is 11.5. The predicted molar refractivity (Wildman–Crippen MR) is 81.6 cm³/mol. The first-order valence-electron chi connectivity index (χ1n) is 6.84. The molecule has 0 amide bonds. The average Bonchev–Trinajstić information content (AvgIpc) is 2.52. The van der Waals surface area contributed by atoms with Gasteiger partial charge in [-0.2, -0.15) is 5.10 Å². The zero-order valence-corrected chi connectivity index (χ0v) is 12.3. The Morgan fingerprint density at radius 2 is 2.05 bits per heavy atom. The zero-order chi connectivity index (χ0) is 14.7. The van der Waals surface area contributed by atoms with Crippen molar-refractivity contribution in [1.82, 2.24) is 20.1 Å². The molecule has 7 heteroatoms. The smallest absolute Gasteiger partial charge is 0.285 e. The molecule has 2 aromatic heterocycles. The summed E-state index contributed by atoms with van der Waals surface area (Å²) in [6.45, 7) is 4.28. The molecule has 0 bridgehead atoms. The molecule has 2 aromatic rings. The summed E-state index contributed by atoms with van der Waals surface area (Å²) < 4.78 is 0. The Hall–Kier alpha value is -1.92. The van der Waals surface area contributed by atoms with E-state index in [4.69, 9.17) is 11.6 Å². The molecule has 0 spiro atoms. The molecule has 0 aromatic carbocycles. The van der Waals surface area contributed by atoms with Gasteiger partial charge in [-0.1, -0.05) is 17.7 Å². The maximum absolute atomic E-state index is 11.5. The maximum Gasteiger partial charge on any atom is 0.285 e. The lowest BCUT2D eigenvalue weighted by molar-refractivity contribution is 0.247. The van der Waals surface area contributed by atoms with E-state index in [0.29, 0.717) is 5.69 Å². The number of hydrogen-bond donors (Lipinski definition) is 1. The number of nitrogens with zero attached hydrogens (tertiary/aromatic N) is 4. The van der Waals surface area contributed by atoms with E-state index in [-0.39, 0.29) is 10.6 Å². The van der Waals surface area contributed by atoms with Gasteiger partial charge in [-0.15, -0.1) is 0 Å². The molecule has 1 aliphatic rings. The van der Waals surface area contributed by atoms with Gasteiger partial charge in [0.15, 0.2) is 0 Å². The van der Waals surface area contributed by atoms with Gasteiger partial charge in [0.05, 0.1) is 17.6 Å². The van der Waals surface area contributed by atoms with Crippen molar-refractivity contribution in [3.63, 3.8) is 0 Å². The SMILES string of the molecule is O=c1[nH]ncc(N2CCN(Cc3ccccn3)CC2)c1Cl.